The third kappa shape index (κ3) is 2.33. The monoisotopic (exact) mass is 273 g/mol. The second kappa shape index (κ2) is 5.58. The van der Waals surface area contributed by atoms with Crippen LogP contribution in [-0.4, -0.2) is 11.3 Å². The molecule has 2 aliphatic heterocycles. The van der Waals surface area contributed by atoms with Crippen LogP contribution in [0.2, 0.25) is 11.6 Å². The molecule has 2 saturated heterocycles. The summed E-state index contributed by atoms with van der Waals surface area (Å²) in [6, 6.07) is 1.15. The summed E-state index contributed by atoms with van der Waals surface area (Å²) in [7, 11) is 0. The zero-order valence-electron chi connectivity index (χ0n) is 13.7. The molecule has 1 aromatic rings. The predicted molar refractivity (Wildman–Crippen MR) is 86.0 cm³/mol. The van der Waals surface area contributed by atoms with Crippen LogP contribution in [0.1, 0.15) is 78.3 Å². The topological polar surface area (TPSA) is 8.81 Å². The van der Waals surface area contributed by atoms with Crippen LogP contribution in [0, 0.1) is 0 Å². The highest BCUT2D eigenvalue weighted by atomic mass is 15.2. The van der Waals surface area contributed by atoms with Gasteiger partial charge in [-0.1, -0.05) is 38.5 Å². The van der Waals surface area contributed by atoms with Crippen molar-refractivity contribution >= 4 is 12.4 Å². The van der Waals surface area contributed by atoms with Crippen molar-refractivity contribution in [3.8, 4) is 0 Å². The fourth-order valence-corrected chi connectivity index (χ4v) is 4.75. The third-order valence-electron chi connectivity index (χ3n) is 5.64. The first-order valence-electron chi connectivity index (χ1n) is 8.71. The van der Waals surface area contributed by atoms with Crippen LogP contribution in [0.4, 0.5) is 0 Å². The average molecular weight is 273 g/mol. The lowest BCUT2D eigenvalue weighted by Gasteiger charge is -2.38. The standard InChI is InChI=1S/C17H30BN2/c1-13(2)19-11-12-20(14(3)4)17(19)18-15-7-5-8-16(18)10-6-9-15/h11-16H,5-10H2,1-4H3/q+1. The van der Waals surface area contributed by atoms with E-state index in [0.717, 1.165) is 18.3 Å². The lowest BCUT2D eigenvalue weighted by molar-refractivity contribution is -0.699. The first kappa shape index (κ1) is 14.2. The Morgan fingerprint density at radius 1 is 1.05 bits per heavy atom. The van der Waals surface area contributed by atoms with Gasteiger partial charge in [0.1, 0.15) is 12.4 Å². The van der Waals surface area contributed by atoms with Crippen LogP contribution in [0.25, 0.3) is 0 Å². The number of nitrogens with zero attached hydrogens (tertiary/aromatic N) is 2. The van der Waals surface area contributed by atoms with Crippen LogP contribution < -0.4 is 10.3 Å². The molecule has 2 fully saturated rings. The molecule has 0 aliphatic carbocycles. The molecule has 3 heterocycles. The molecule has 2 bridgehead atoms. The van der Waals surface area contributed by atoms with Gasteiger partial charge in [-0.2, -0.15) is 0 Å². The summed E-state index contributed by atoms with van der Waals surface area (Å²) in [4.78, 5) is 0. The summed E-state index contributed by atoms with van der Waals surface area (Å²) in [5, 5.41) is 0. The van der Waals surface area contributed by atoms with Crippen molar-refractivity contribution in [2.75, 3.05) is 0 Å². The van der Waals surface area contributed by atoms with E-state index in [4.69, 9.17) is 0 Å². The van der Waals surface area contributed by atoms with E-state index in [1.165, 1.54) is 38.5 Å². The molecule has 2 nitrogen and oxygen atoms in total. The Morgan fingerprint density at radius 2 is 1.60 bits per heavy atom. The van der Waals surface area contributed by atoms with Gasteiger partial charge in [0, 0.05) is 0 Å². The van der Waals surface area contributed by atoms with E-state index in [1.807, 2.05) is 0 Å². The SMILES string of the molecule is CC(C)n1cc[n+](C(C)C)c1B1C2CCCC1CCC2. The lowest BCUT2D eigenvalue weighted by atomic mass is 9.26. The van der Waals surface area contributed by atoms with Gasteiger partial charge in [0.15, 0.2) is 0 Å². The molecule has 3 rings (SSSR count). The van der Waals surface area contributed by atoms with Crippen LogP contribution >= 0.6 is 0 Å². The first-order chi connectivity index (χ1) is 9.59. The summed E-state index contributed by atoms with van der Waals surface area (Å²) < 4.78 is 5.11. The van der Waals surface area contributed by atoms with E-state index >= 15 is 0 Å². The number of rotatable bonds is 3. The molecule has 110 valence electrons. The highest BCUT2D eigenvalue weighted by molar-refractivity contribution is 6.74. The van der Waals surface area contributed by atoms with Crippen molar-refractivity contribution < 1.29 is 4.57 Å². The maximum atomic E-state index is 2.56. The van der Waals surface area contributed by atoms with E-state index in [2.05, 4.69) is 49.2 Å². The Balaban J connectivity index is 2.05. The Labute approximate surface area is 124 Å². The van der Waals surface area contributed by atoms with E-state index in [1.54, 1.807) is 5.72 Å². The van der Waals surface area contributed by atoms with Crippen molar-refractivity contribution in [1.29, 1.82) is 0 Å². The molecule has 20 heavy (non-hydrogen) atoms. The van der Waals surface area contributed by atoms with Gasteiger partial charge in [0.25, 0.3) is 6.71 Å². The fraction of sp³-hybridized carbons (Fsp3) is 0.824. The Kier molecular flexibility index (Phi) is 3.96. The second-order valence-electron chi connectivity index (χ2n) is 7.57. The van der Waals surface area contributed by atoms with Gasteiger partial charge >= 0.3 is 0 Å². The van der Waals surface area contributed by atoms with E-state index in [-0.39, 0.29) is 0 Å². The summed E-state index contributed by atoms with van der Waals surface area (Å²) in [6.45, 7) is 10.1. The molecule has 0 spiro atoms. The molecule has 0 saturated carbocycles. The molecule has 0 atom stereocenters. The van der Waals surface area contributed by atoms with Crippen molar-refractivity contribution in [3.05, 3.63) is 12.4 Å². The summed E-state index contributed by atoms with van der Waals surface area (Å²) in [5.41, 5.74) is 1.63. The molecule has 1 aromatic heterocycles. The number of fused-ring (bicyclic) bond motifs is 2. The molecule has 0 radical (unpaired) electrons. The molecule has 0 unspecified atom stereocenters. The maximum absolute atomic E-state index is 2.56. The first-order valence-corrected chi connectivity index (χ1v) is 8.71. The summed E-state index contributed by atoms with van der Waals surface area (Å²) in [5.74, 6) is 1.89. The van der Waals surface area contributed by atoms with Crippen LogP contribution in [-0.2, 0) is 0 Å². The fourth-order valence-electron chi connectivity index (χ4n) is 4.75. The maximum Gasteiger partial charge on any atom is 0.290 e. The molecule has 2 aliphatic rings. The smallest absolute Gasteiger partial charge is 0.242 e. The van der Waals surface area contributed by atoms with Gasteiger partial charge in [-0.15, -0.1) is 0 Å². The summed E-state index contributed by atoms with van der Waals surface area (Å²) >= 11 is 0. The largest absolute Gasteiger partial charge is 0.290 e. The minimum Gasteiger partial charge on any atom is -0.242 e. The zero-order valence-corrected chi connectivity index (χ0v) is 13.7. The molecule has 0 N–H and O–H groups in total. The van der Waals surface area contributed by atoms with Crippen LogP contribution in [0.5, 0.6) is 0 Å². The van der Waals surface area contributed by atoms with Crippen LogP contribution in [0.3, 0.4) is 0 Å². The molecule has 0 aromatic carbocycles. The summed E-state index contributed by atoms with van der Waals surface area (Å²) in [6.07, 6.45) is 13.4. The normalized spacial score (nSPS) is 26.6. The van der Waals surface area contributed by atoms with E-state index < -0.39 is 0 Å². The minimum atomic E-state index is 0.577. The highest BCUT2D eigenvalue weighted by Crippen LogP contribution is 2.45. The number of hydrogen-bond donors (Lipinski definition) is 0. The number of imidazole rings is 1. The van der Waals surface area contributed by atoms with Crippen LogP contribution in [0.15, 0.2) is 12.4 Å². The second-order valence-corrected chi connectivity index (χ2v) is 7.57. The van der Waals surface area contributed by atoms with Gasteiger partial charge < -0.3 is 0 Å². The predicted octanol–water partition coefficient (Wildman–Crippen LogP) is 3.75. The Bertz CT molecular complexity index is 416. The molecular formula is C17H30BN2+. The van der Waals surface area contributed by atoms with Gasteiger partial charge in [0.05, 0.1) is 12.1 Å². The van der Waals surface area contributed by atoms with E-state index in [9.17, 15) is 0 Å². The Morgan fingerprint density at radius 3 is 2.05 bits per heavy atom. The van der Waals surface area contributed by atoms with Crippen molar-refractivity contribution in [1.82, 2.24) is 4.57 Å². The zero-order chi connectivity index (χ0) is 14.3. The van der Waals surface area contributed by atoms with Crippen molar-refractivity contribution in [3.63, 3.8) is 0 Å². The Hall–Kier alpha value is -0.725. The quantitative estimate of drug-likeness (QED) is 0.586. The third-order valence-corrected chi connectivity index (χ3v) is 5.64. The molecule has 3 heteroatoms. The molecular weight excluding hydrogens is 243 g/mol. The van der Waals surface area contributed by atoms with E-state index in [0.29, 0.717) is 12.1 Å². The minimum absolute atomic E-state index is 0.577. The molecule has 0 amide bonds. The van der Waals surface area contributed by atoms with Gasteiger partial charge in [-0.3, -0.25) is 0 Å². The van der Waals surface area contributed by atoms with Gasteiger partial charge in [0.2, 0.25) is 5.72 Å². The number of aromatic nitrogens is 2. The lowest BCUT2D eigenvalue weighted by Crippen LogP contribution is -2.63. The van der Waals surface area contributed by atoms with Crippen molar-refractivity contribution in [2.45, 2.75) is 89.9 Å². The highest BCUT2D eigenvalue weighted by Gasteiger charge is 2.47. The number of hydrogen-bond acceptors (Lipinski definition) is 0. The van der Waals surface area contributed by atoms with Gasteiger partial charge in [-0.05, 0) is 39.3 Å². The van der Waals surface area contributed by atoms with Crippen molar-refractivity contribution in [2.24, 2.45) is 0 Å². The average Bonchev–Trinajstić information content (AvgIpc) is 2.82. The van der Waals surface area contributed by atoms with Gasteiger partial charge in [-0.25, -0.2) is 9.13 Å².